The number of aromatic carboxylic acids is 1. The molecule has 5 heteroatoms. The van der Waals surface area contributed by atoms with E-state index in [4.69, 9.17) is 5.11 Å². The SMILES string of the molecule is Cc1c(NC(=O)c2ccc(CBr)cc2)cccc1C(=O)O. The average molecular weight is 348 g/mol. The minimum atomic E-state index is -1.01. The van der Waals surface area contributed by atoms with Crippen LogP contribution in [-0.2, 0) is 5.33 Å². The number of benzene rings is 2. The maximum atomic E-state index is 12.2. The van der Waals surface area contributed by atoms with Crippen molar-refractivity contribution in [3.63, 3.8) is 0 Å². The maximum Gasteiger partial charge on any atom is 0.336 e. The maximum absolute atomic E-state index is 12.2. The molecule has 0 bridgehead atoms. The van der Waals surface area contributed by atoms with Gasteiger partial charge in [0, 0.05) is 16.6 Å². The van der Waals surface area contributed by atoms with Gasteiger partial charge in [-0.1, -0.05) is 34.1 Å². The molecule has 2 aromatic carbocycles. The largest absolute Gasteiger partial charge is 0.478 e. The highest BCUT2D eigenvalue weighted by atomic mass is 79.9. The van der Waals surface area contributed by atoms with Crippen LogP contribution in [0.15, 0.2) is 42.5 Å². The Kier molecular flexibility index (Phi) is 4.75. The second kappa shape index (κ2) is 6.54. The first kappa shape index (κ1) is 15.3. The number of carbonyl (C=O) groups is 2. The van der Waals surface area contributed by atoms with Gasteiger partial charge in [0.1, 0.15) is 0 Å². The highest BCUT2D eigenvalue weighted by Gasteiger charge is 2.12. The summed E-state index contributed by atoms with van der Waals surface area (Å²) in [4.78, 5) is 23.3. The summed E-state index contributed by atoms with van der Waals surface area (Å²) in [6.07, 6.45) is 0. The van der Waals surface area contributed by atoms with Gasteiger partial charge in [0.2, 0.25) is 0 Å². The van der Waals surface area contributed by atoms with E-state index in [1.54, 1.807) is 31.2 Å². The predicted octanol–water partition coefficient (Wildman–Crippen LogP) is 3.84. The van der Waals surface area contributed by atoms with Gasteiger partial charge >= 0.3 is 5.97 Å². The summed E-state index contributed by atoms with van der Waals surface area (Å²) in [5.41, 5.74) is 2.83. The molecule has 0 aliphatic rings. The molecule has 0 aromatic heterocycles. The van der Waals surface area contributed by atoms with E-state index in [0.717, 1.165) is 10.9 Å². The number of hydrogen-bond acceptors (Lipinski definition) is 2. The second-order valence-corrected chi connectivity index (χ2v) is 5.13. The van der Waals surface area contributed by atoms with Gasteiger partial charge in [-0.2, -0.15) is 0 Å². The van der Waals surface area contributed by atoms with Crippen molar-refractivity contribution in [1.82, 2.24) is 0 Å². The lowest BCUT2D eigenvalue weighted by molar-refractivity contribution is 0.0695. The van der Waals surface area contributed by atoms with E-state index >= 15 is 0 Å². The van der Waals surface area contributed by atoms with Gasteiger partial charge in [-0.3, -0.25) is 4.79 Å². The smallest absolute Gasteiger partial charge is 0.336 e. The van der Waals surface area contributed by atoms with Crippen LogP contribution in [0.3, 0.4) is 0 Å². The van der Waals surface area contributed by atoms with Crippen LogP contribution in [0.5, 0.6) is 0 Å². The fourth-order valence-electron chi connectivity index (χ4n) is 1.94. The minimum Gasteiger partial charge on any atom is -0.478 e. The van der Waals surface area contributed by atoms with Gasteiger partial charge in [0.25, 0.3) is 5.91 Å². The van der Waals surface area contributed by atoms with Gasteiger partial charge in [-0.25, -0.2) is 4.79 Å². The summed E-state index contributed by atoms with van der Waals surface area (Å²) in [7, 11) is 0. The van der Waals surface area contributed by atoms with Gasteiger partial charge in [0.05, 0.1) is 5.56 Å². The fraction of sp³-hybridized carbons (Fsp3) is 0.125. The fourth-order valence-corrected chi connectivity index (χ4v) is 2.32. The van der Waals surface area contributed by atoms with Gasteiger partial charge in [0.15, 0.2) is 0 Å². The van der Waals surface area contributed by atoms with E-state index in [9.17, 15) is 9.59 Å². The molecule has 0 fully saturated rings. The zero-order valence-electron chi connectivity index (χ0n) is 11.4. The molecule has 0 radical (unpaired) electrons. The van der Waals surface area contributed by atoms with E-state index in [-0.39, 0.29) is 11.5 Å². The minimum absolute atomic E-state index is 0.183. The van der Waals surface area contributed by atoms with Crippen LogP contribution in [-0.4, -0.2) is 17.0 Å². The number of carbonyl (C=O) groups excluding carboxylic acids is 1. The Morgan fingerprint density at radius 2 is 1.81 bits per heavy atom. The highest BCUT2D eigenvalue weighted by molar-refractivity contribution is 9.08. The standard InChI is InChI=1S/C16H14BrNO3/c1-10-13(16(20)21)3-2-4-14(10)18-15(19)12-7-5-11(9-17)6-8-12/h2-8H,9H2,1H3,(H,18,19)(H,20,21). The lowest BCUT2D eigenvalue weighted by Crippen LogP contribution is -2.14. The Balaban J connectivity index is 2.23. The predicted molar refractivity (Wildman–Crippen MR) is 85.2 cm³/mol. The molecule has 0 saturated carbocycles. The van der Waals surface area contributed by atoms with Crippen LogP contribution < -0.4 is 5.32 Å². The Labute approximate surface area is 130 Å². The lowest BCUT2D eigenvalue weighted by Gasteiger charge is -2.10. The summed E-state index contributed by atoms with van der Waals surface area (Å²) < 4.78 is 0. The molecule has 0 heterocycles. The molecule has 1 amide bonds. The molecule has 2 rings (SSSR count). The topological polar surface area (TPSA) is 66.4 Å². The van der Waals surface area contributed by atoms with E-state index in [1.807, 2.05) is 12.1 Å². The molecule has 0 aliphatic carbocycles. The molecule has 4 nitrogen and oxygen atoms in total. The monoisotopic (exact) mass is 347 g/mol. The summed E-state index contributed by atoms with van der Waals surface area (Å²) >= 11 is 3.35. The summed E-state index contributed by atoms with van der Waals surface area (Å²) in [5.74, 6) is -1.27. The van der Waals surface area contributed by atoms with Gasteiger partial charge in [-0.05, 0) is 42.3 Å². The number of carboxylic acids is 1. The molecule has 0 saturated heterocycles. The van der Waals surface area contributed by atoms with Gasteiger partial charge < -0.3 is 10.4 Å². The number of amides is 1. The Bertz CT molecular complexity index is 680. The van der Waals surface area contributed by atoms with Crippen molar-refractivity contribution < 1.29 is 14.7 Å². The number of anilines is 1. The molecular formula is C16H14BrNO3. The molecule has 0 spiro atoms. The number of halogens is 1. The number of carboxylic acid groups (broad SMARTS) is 1. The zero-order chi connectivity index (χ0) is 15.4. The van der Waals surface area contributed by atoms with E-state index < -0.39 is 5.97 Å². The lowest BCUT2D eigenvalue weighted by atomic mass is 10.1. The van der Waals surface area contributed by atoms with Crippen LogP contribution in [0.4, 0.5) is 5.69 Å². The first-order valence-corrected chi connectivity index (χ1v) is 7.44. The Morgan fingerprint density at radius 1 is 1.14 bits per heavy atom. The first-order chi connectivity index (χ1) is 10.0. The molecule has 21 heavy (non-hydrogen) atoms. The van der Waals surface area contributed by atoms with E-state index in [2.05, 4.69) is 21.2 Å². The van der Waals surface area contributed by atoms with Crippen molar-refractivity contribution in [2.45, 2.75) is 12.3 Å². The Hall–Kier alpha value is -2.14. The molecule has 0 atom stereocenters. The van der Waals surface area contributed by atoms with Crippen LogP contribution in [0, 0.1) is 6.92 Å². The van der Waals surface area contributed by atoms with Crippen molar-refractivity contribution in [3.8, 4) is 0 Å². The van der Waals surface area contributed by atoms with Crippen molar-refractivity contribution in [1.29, 1.82) is 0 Å². The van der Waals surface area contributed by atoms with E-state index in [1.165, 1.54) is 6.07 Å². The van der Waals surface area contributed by atoms with Crippen molar-refractivity contribution >= 4 is 33.5 Å². The third-order valence-corrected chi connectivity index (χ3v) is 3.83. The molecule has 2 aromatic rings. The molecule has 0 unspecified atom stereocenters. The average Bonchev–Trinajstić information content (AvgIpc) is 2.49. The number of hydrogen-bond donors (Lipinski definition) is 2. The van der Waals surface area contributed by atoms with Crippen LogP contribution in [0.25, 0.3) is 0 Å². The number of alkyl halides is 1. The number of rotatable bonds is 4. The molecular weight excluding hydrogens is 334 g/mol. The number of nitrogens with one attached hydrogen (secondary N) is 1. The van der Waals surface area contributed by atoms with Crippen molar-refractivity contribution in [3.05, 3.63) is 64.7 Å². The third kappa shape index (κ3) is 3.49. The highest BCUT2D eigenvalue weighted by Crippen LogP contribution is 2.20. The first-order valence-electron chi connectivity index (χ1n) is 6.32. The summed E-state index contributed by atoms with van der Waals surface area (Å²) in [6, 6.07) is 12.0. The molecule has 2 N–H and O–H groups in total. The molecule has 108 valence electrons. The Morgan fingerprint density at radius 3 is 2.38 bits per heavy atom. The zero-order valence-corrected chi connectivity index (χ0v) is 13.0. The quantitative estimate of drug-likeness (QED) is 0.825. The van der Waals surface area contributed by atoms with E-state index in [0.29, 0.717) is 16.8 Å². The normalized spacial score (nSPS) is 10.2. The van der Waals surface area contributed by atoms with Crippen LogP contribution in [0.1, 0.15) is 31.8 Å². The summed E-state index contributed by atoms with van der Waals surface area (Å²) in [6.45, 7) is 1.67. The van der Waals surface area contributed by atoms with Crippen molar-refractivity contribution in [2.24, 2.45) is 0 Å². The van der Waals surface area contributed by atoms with Crippen LogP contribution >= 0.6 is 15.9 Å². The molecule has 0 aliphatic heterocycles. The third-order valence-electron chi connectivity index (χ3n) is 3.18. The summed E-state index contributed by atoms with van der Waals surface area (Å²) in [5, 5.41) is 12.6. The second-order valence-electron chi connectivity index (χ2n) is 4.57. The van der Waals surface area contributed by atoms with Crippen molar-refractivity contribution in [2.75, 3.05) is 5.32 Å². The van der Waals surface area contributed by atoms with Gasteiger partial charge in [-0.15, -0.1) is 0 Å². The van der Waals surface area contributed by atoms with Crippen LogP contribution in [0.2, 0.25) is 0 Å².